The highest BCUT2D eigenvalue weighted by molar-refractivity contribution is 6.30. The first-order valence-electron chi connectivity index (χ1n) is 7.32. The lowest BCUT2D eigenvalue weighted by Crippen LogP contribution is -2.39. The largest absolute Gasteiger partial charge is 0.316 e. The summed E-state index contributed by atoms with van der Waals surface area (Å²) in [6.45, 7) is 0. The van der Waals surface area contributed by atoms with Crippen molar-refractivity contribution in [3.8, 4) is 0 Å². The normalized spacial score (nSPS) is 17.5. The predicted octanol–water partition coefficient (Wildman–Crippen LogP) is 4.34. The Labute approximate surface area is 130 Å². The monoisotopic (exact) mass is 303 g/mol. The lowest BCUT2D eigenvalue weighted by Gasteiger charge is -2.27. The molecule has 1 unspecified atom stereocenters. The summed E-state index contributed by atoms with van der Waals surface area (Å²) in [6, 6.07) is 16.0. The fraction of sp³-hybridized carbons (Fsp3) is 0.333. The van der Waals surface area contributed by atoms with Crippen LogP contribution in [-0.2, 0) is 11.8 Å². The van der Waals surface area contributed by atoms with Crippen molar-refractivity contribution in [2.24, 2.45) is 0 Å². The number of rotatable bonds is 5. The Bertz CT molecular complexity index is 622. The minimum Gasteiger partial charge on any atom is -0.316 e. The van der Waals surface area contributed by atoms with Gasteiger partial charge in [0.05, 0.1) is 5.02 Å². The zero-order valence-electron chi connectivity index (χ0n) is 12.1. The van der Waals surface area contributed by atoms with Gasteiger partial charge in [0, 0.05) is 11.5 Å². The van der Waals surface area contributed by atoms with Gasteiger partial charge in [0.2, 0.25) is 0 Å². The molecule has 1 aliphatic carbocycles. The number of halogens is 2. The lowest BCUT2D eigenvalue weighted by atomic mass is 9.84. The average Bonchev–Trinajstić information content (AvgIpc) is 3.31. The molecule has 1 atom stereocenters. The van der Waals surface area contributed by atoms with E-state index in [0.717, 1.165) is 12.0 Å². The molecule has 1 aliphatic rings. The highest BCUT2D eigenvalue weighted by atomic mass is 35.5. The second-order valence-corrected chi connectivity index (χ2v) is 6.22. The van der Waals surface area contributed by atoms with Crippen molar-refractivity contribution in [2.45, 2.75) is 30.7 Å². The highest BCUT2D eigenvalue weighted by Crippen LogP contribution is 2.51. The third-order valence-corrected chi connectivity index (χ3v) is 4.87. The third-order valence-electron chi connectivity index (χ3n) is 4.58. The molecule has 0 amide bonds. The molecule has 0 heterocycles. The van der Waals surface area contributed by atoms with Gasteiger partial charge in [0.1, 0.15) is 5.82 Å². The molecule has 1 saturated carbocycles. The van der Waals surface area contributed by atoms with Crippen LogP contribution >= 0.6 is 11.6 Å². The second-order valence-electron chi connectivity index (χ2n) is 5.82. The fourth-order valence-electron chi connectivity index (χ4n) is 3.22. The maximum atomic E-state index is 13.3. The molecular weight excluding hydrogens is 285 g/mol. The van der Waals surface area contributed by atoms with Crippen LogP contribution in [0, 0.1) is 5.82 Å². The van der Waals surface area contributed by atoms with Gasteiger partial charge in [-0.25, -0.2) is 4.39 Å². The number of nitrogens with one attached hydrogen (secondary N) is 1. The van der Waals surface area contributed by atoms with E-state index < -0.39 is 0 Å². The zero-order chi connectivity index (χ0) is 14.9. The highest BCUT2D eigenvalue weighted by Gasteiger charge is 2.49. The molecule has 21 heavy (non-hydrogen) atoms. The Balaban J connectivity index is 1.84. The van der Waals surface area contributed by atoms with E-state index in [1.54, 1.807) is 6.07 Å². The van der Waals surface area contributed by atoms with Crippen molar-refractivity contribution >= 4 is 11.6 Å². The molecule has 1 N–H and O–H groups in total. The molecule has 0 spiro atoms. The summed E-state index contributed by atoms with van der Waals surface area (Å²) in [6.07, 6.45) is 3.24. The van der Waals surface area contributed by atoms with E-state index in [-0.39, 0.29) is 16.3 Å². The predicted molar refractivity (Wildman–Crippen MR) is 85.3 cm³/mol. The molecule has 0 aromatic heterocycles. The van der Waals surface area contributed by atoms with Gasteiger partial charge in [-0.3, -0.25) is 0 Å². The standard InChI is InChI=1S/C18H19ClFN/c1-21-17(12-13-7-8-16(20)15(19)11-13)18(9-10-18)14-5-3-2-4-6-14/h2-8,11,17,21H,9-10,12H2,1H3. The van der Waals surface area contributed by atoms with E-state index in [0.29, 0.717) is 6.04 Å². The molecule has 2 aromatic carbocycles. The maximum Gasteiger partial charge on any atom is 0.141 e. The summed E-state index contributed by atoms with van der Waals surface area (Å²) in [5.74, 6) is -0.356. The lowest BCUT2D eigenvalue weighted by molar-refractivity contribution is 0.442. The molecule has 1 fully saturated rings. The first kappa shape index (κ1) is 14.6. The summed E-state index contributed by atoms with van der Waals surface area (Å²) >= 11 is 5.89. The minimum atomic E-state index is -0.356. The summed E-state index contributed by atoms with van der Waals surface area (Å²) in [5.41, 5.74) is 2.66. The van der Waals surface area contributed by atoms with Crippen molar-refractivity contribution in [3.63, 3.8) is 0 Å². The van der Waals surface area contributed by atoms with E-state index in [4.69, 9.17) is 11.6 Å². The first-order valence-corrected chi connectivity index (χ1v) is 7.70. The van der Waals surface area contributed by atoms with Gasteiger partial charge in [0.25, 0.3) is 0 Å². The Hall–Kier alpha value is -1.38. The van der Waals surface area contributed by atoms with Gasteiger partial charge in [-0.05, 0) is 49.6 Å². The molecule has 110 valence electrons. The molecule has 2 aromatic rings. The Morgan fingerprint density at radius 1 is 1.19 bits per heavy atom. The zero-order valence-corrected chi connectivity index (χ0v) is 12.8. The Kier molecular flexibility index (Phi) is 4.01. The summed E-state index contributed by atoms with van der Waals surface area (Å²) in [5, 5.41) is 3.65. The van der Waals surface area contributed by atoms with Crippen LogP contribution in [0.4, 0.5) is 4.39 Å². The molecule has 0 radical (unpaired) electrons. The van der Waals surface area contributed by atoms with E-state index in [2.05, 4.69) is 29.6 Å². The summed E-state index contributed by atoms with van der Waals surface area (Å²) in [4.78, 5) is 0. The van der Waals surface area contributed by atoms with Crippen LogP contribution in [-0.4, -0.2) is 13.1 Å². The molecule has 0 aliphatic heterocycles. The van der Waals surface area contributed by atoms with Crippen LogP contribution in [0.25, 0.3) is 0 Å². The van der Waals surface area contributed by atoms with E-state index in [1.807, 2.05) is 19.2 Å². The van der Waals surface area contributed by atoms with Crippen molar-refractivity contribution in [1.82, 2.24) is 5.32 Å². The molecule has 1 nitrogen and oxygen atoms in total. The Morgan fingerprint density at radius 2 is 1.90 bits per heavy atom. The van der Waals surface area contributed by atoms with Crippen LogP contribution in [0.2, 0.25) is 5.02 Å². The van der Waals surface area contributed by atoms with Gasteiger partial charge >= 0.3 is 0 Å². The van der Waals surface area contributed by atoms with Crippen LogP contribution in [0.5, 0.6) is 0 Å². The Morgan fingerprint density at radius 3 is 2.48 bits per heavy atom. The summed E-state index contributed by atoms with van der Waals surface area (Å²) < 4.78 is 13.3. The van der Waals surface area contributed by atoms with Crippen LogP contribution in [0.15, 0.2) is 48.5 Å². The quantitative estimate of drug-likeness (QED) is 0.866. The van der Waals surface area contributed by atoms with E-state index in [1.165, 1.54) is 24.5 Å². The topological polar surface area (TPSA) is 12.0 Å². The average molecular weight is 304 g/mol. The van der Waals surface area contributed by atoms with Crippen LogP contribution < -0.4 is 5.32 Å². The van der Waals surface area contributed by atoms with Crippen LogP contribution in [0.3, 0.4) is 0 Å². The van der Waals surface area contributed by atoms with Gasteiger partial charge < -0.3 is 5.32 Å². The van der Waals surface area contributed by atoms with Crippen LogP contribution in [0.1, 0.15) is 24.0 Å². The van der Waals surface area contributed by atoms with Crippen molar-refractivity contribution < 1.29 is 4.39 Å². The number of likely N-dealkylation sites (N-methyl/N-ethyl adjacent to an activating group) is 1. The van der Waals surface area contributed by atoms with Crippen molar-refractivity contribution in [2.75, 3.05) is 7.05 Å². The van der Waals surface area contributed by atoms with Gasteiger partial charge in [-0.1, -0.05) is 48.0 Å². The van der Waals surface area contributed by atoms with E-state index >= 15 is 0 Å². The molecule has 0 saturated heterocycles. The van der Waals surface area contributed by atoms with Gasteiger partial charge in [-0.15, -0.1) is 0 Å². The number of benzene rings is 2. The number of hydrogen-bond donors (Lipinski definition) is 1. The maximum absolute atomic E-state index is 13.3. The third kappa shape index (κ3) is 2.83. The molecule has 0 bridgehead atoms. The SMILES string of the molecule is CNC(Cc1ccc(F)c(Cl)c1)C1(c2ccccc2)CC1. The second kappa shape index (κ2) is 5.78. The van der Waals surface area contributed by atoms with E-state index in [9.17, 15) is 4.39 Å². The summed E-state index contributed by atoms with van der Waals surface area (Å²) in [7, 11) is 2.00. The van der Waals surface area contributed by atoms with Gasteiger partial charge in [-0.2, -0.15) is 0 Å². The smallest absolute Gasteiger partial charge is 0.141 e. The van der Waals surface area contributed by atoms with Crippen molar-refractivity contribution in [1.29, 1.82) is 0 Å². The van der Waals surface area contributed by atoms with Crippen molar-refractivity contribution in [3.05, 3.63) is 70.5 Å². The van der Waals surface area contributed by atoms with Gasteiger partial charge in [0.15, 0.2) is 0 Å². The first-order chi connectivity index (χ1) is 10.2. The minimum absolute atomic E-state index is 0.201. The fourth-order valence-corrected chi connectivity index (χ4v) is 3.42. The molecule has 3 heteroatoms. The molecular formula is C18H19ClFN. The number of hydrogen-bond acceptors (Lipinski definition) is 1. The molecule has 3 rings (SSSR count).